The van der Waals surface area contributed by atoms with Crippen LogP contribution >= 0.6 is 0 Å². The van der Waals surface area contributed by atoms with Gasteiger partial charge in [-0.25, -0.2) is 13.1 Å². The average Bonchev–Trinajstić information content (AvgIpc) is 2.62. The number of hydrogen-bond acceptors (Lipinski definition) is 4. The molecule has 0 spiro atoms. The van der Waals surface area contributed by atoms with Gasteiger partial charge in [-0.1, -0.05) is 6.07 Å². The normalized spacial score (nSPS) is 11.1. The number of amides is 2. The molecular weight excluding hydrogens is 354 g/mol. The van der Waals surface area contributed by atoms with E-state index in [-0.39, 0.29) is 16.4 Å². The first kappa shape index (κ1) is 19.6. The summed E-state index contributed by atoms with van der Waals surface area (Å²) in [4.78, 5) is 24.3. The maximum Gasteiger partial charge on any atom is 0.255 e. The van der Waals surface area contributed by atoms with E-state index in [4.69, 9.17) is 0 Å². The van der Waals surface area contributed by atoms with Gasteiger partial charge in [0, 0.05) is 23.9 Å². The van der Waals surface area contributed by atoms with E-state index in [2.05, 4.69) is 15.4 Å². The quantitative estimate of drug-likeness (QED) is 0.741. The molecule has 0 saturated heterocycles. The summed E-state index contributed by atoms with van der Waals surface area (Å²) in [7, 11) is -0.789. The summed E-state index contributed by atoms with van der Waals surface area (Å²) in [5.74, 6) is -0.641. The molecule has 0 fully saturated rings. The molecule has 0 aromatic heterocycles. The van der Waals surface area contributed by atoms with Crippen LogP contribution in [0, 0.1) is 13.8 Å². The number of anilines is 1. The smallest absolute Gasteiger partial charge is 0.255 e. The van der Waals surface area contributed by atoms with Crippen molar-refractivity contribution in [2.45, 2.75) is 18.7 Å². The van der Waals surface area contributed by atoms with Crippen LogP contribution in [0.5, 0.6) is 0 Å². The van der Waals surface area contributed by atoms with E-state index in [1.54, 1.807) is 45.2 Å². The molecule has 0 radical (unpaired) electrons. The lowest BCUT2D eigenvalue weighted by Gasteiger charge is -2.12. The maximum absolute atomic E-state index is 12.6. The number of carbonyl (C=O) groups is 2. The van der Waals surface area contributed by atoms with E-state index >= 15 is 0 Å². The third kappa shape index (κ3) is 4.09. The van der Waals surface area contributed by atoms with Crippen LogP contribution in [0.2, 0.25) is 0 Å². The van der Waals surface area contributed by atoms with E-state index < -0.39 is 15.9 Å². The van der Waals surface area contributed by atoms with Crippen molar-refractivity contribution in [3.8, 4) is 0 Å². The minimum absolute atomic E-state index is 0.0161. The average molecular weight is 375 g/mol. The fourth-order valence-corrected chi connectivity index (χ4v) is 3.17. The van der Waals surface area contributed by atoms with Crippen molar-refractivity contribution in [3.05, 3.63) is 58.7 Å². The van der Waals surface area contributed by atoms with Gasteiger partial charge in [0.25, 0.3) is 11.8 Å². The Balaban J connectivity index is 2.33. The second kappa shape index (κ2) is 7.67. The summed E-state index contributed by atoms with van der Waals surface area (Å²) in [5, 5.41) is 5.30. The zero-order valence-electron chi connectivity index (χ0n) is 15.0. The first-order chi connectivity index (χ1) is 12.2. The largest absolute Gasteiger partial charge is 0.355 e. The minimum Gasteiger partial charge on any atom is -0.355 e. The van der Waals surface area contributed by atoms with Gasteiger partial charge in [0.2, 0.25) is 10.0 Å². The van der Waals surface area contributed by atoms with Crippen LogP contribution in [0.4, 0.5) is 5.69 Å². The zero-order valence-corrected chi connectivity index (χ0v) is 15.8. The van der Waals surface area contributed by atoms with Gasteiger partial charge in [-0.3, -0.25) is 9.59 Å². The fraction of sp³-hybridized carbons (Fsp3) is 0.222. The Morgan fingerprint density at radius 2 is 1.58 bits per heavy atom. The highest BCUT2D eigenvalue weighted by molar-refractivity contribution is 7.89. The van der Waals surface area contributed by atoms with Gasteiger partial charge in [0.05, 0.1) is 4.90 Å². The molecule has 0 heterocycles. The molecule has 26 heavy (non-hydrogen) atoms. The number of hydrogen-bond donors (Lipinski definition) is 3. The Morgan fingerprint density at radius 3 is 2.15 bits per heavy atom. The van der Waals surface area contributed by atoms with Crippen LogP contribution in [-0.2, 0) is 10.0 Å². The second-order valence-corrected chi connectivity index (χ2v) is 7.63. The number of benzene rings is 2. The second-order valence-electron chi connectivity index (χ2n) is 5.75. The summed E-state index contributed by atoms with van der Waals surface area (Å²) in [6.07, 6.45) is 0. The maximum atomic E-state index is 12.6. The van der Waals surface area contributed by atoms with Crippen molar-refractivity contribution in [1.29, 1.82) is 0 Å². The number of nitrogens with one attached hydrogen (secondary N) is 3. The Bertz CT molecular complexity index is 968. The monoisotopic (exact) mass is 375 g/mol. The van der Waals surface area contributed by atoms with Gasteiger partial charge >= 0.3 is 0 Å². The molecule has 0 atom stereocenters. The summed E-state index contributed by atoms with van der Waals surface area (Å²) >= 11 is 0. The molecular formula is C18H21N3O4S. The lowest BCUT2D eigenvalue weighted by Crippen LogP contribution is -2.21. The van der Waals surface area contributed by atoms with Crippen LogP contribution in [0.25, 0.3) is 0 Å². The predicted molar refractivity (Wildman–Crippen MR) is 99.9 cm³/mol. The molecule has 0 bridgehead atoms. The third-order valence-electron chi connectivity index (χ3n) is 4.00. The lowest BCUT2D eigenvalue weighted by molar-refractivity contribution is 0.0962. The molecule has 0 saturated carbocycles. The Labute approximate surface area is 152 Å². The van der Waals surface area contributed by atoms with Crippen molar-refractivity contribution in [2.75, 3.05) is 19.4 Å². The molecule has 138 valence electrons. The van der Waals surface area contributed by atoms with Crippen LogP contribution in [0.1, 0.15) is 31.8 Å². The molecule has 8 heteroatoms. The molecule has 7 nitrogen and oxygen atoms in total. The van der Waals surface area contributed by atoms with Crippen LogP contribution < -0.4 is 15.4 Å². The van der Waals surface area contributed by atoms with Crippen molar-refractivity contribution in [2.24, 2.45) is 0 Å². The number of aryl methyl sites for hydroxylation is 2. The Morgan fingerprint density at radius 1 is 0.885 bits per heavy atom. The molecule has 0 aliphatic rings. The van der Waals surface area contributed by atoms with Crippen LogP contribution in [-0.4, -0.2) is 34.3 Å². The van der Waals surface area contributed by atoms with E-state index in [0.29, 0.717) is 16.8 Å². The van der Waals surface area contributed by atoms with E-state index in [9.17, 15) is 18.0 Å². The number of carbonyl (C=O) groups excluding carboxylic acids is 2. The standard InChI is InChI=1S/C18H21N3O4S/c1-11-5-7-14(26(24,25)20-4)10-15(11)18(23)21-16-8-6-13(9-12(16)2)17(22)19-3/h5-10,20H,1-4H3,(H,19,22)(H,21,23). The van der Waals surface area contributed by atoms with E-state index in [0.717, 1.165) is 5.56 Å². The summed E-state index contributed by atoms with van der Waals surface area (Å²) in [5.41, 5.74) is 2.66. The Kier molecular flexibility index (Phi) is 5.79. The third-order valence-corrected chi connectivity index (χ3v) is 5.41. The topological polar surface area (TPSA) is 104 Å². The number of rotatable bonds is 5. The molecule has 3 N–H and O–H groups in total. The van der Waals surface area contributed by atoms with Gasteiger partial charge in [0.15, 0.2) is 0 Å². The molecule has 0 aliphatic heterocycles. The number of sulfonamides is 1. The summed E-state index contributed by atoms with van der Waals surface area (Å²) in [6, 6.07) is 9.29. The first-order valence-electron chi connectivity index (χ1n) is 7.88. The van der Waals surface area contributed by atoms with E-state index in [1.165, 1.54) is 19.2 Å². The molecule has 2 amide bonds. The van der Waals surface area contributed by atoms with Crippen molar-refractivity contribution in [3.63, 3.8) is 0 Å². The molecule has 0 unspecified atom stereocenters. The van der Waals surface area contributed by atoms with Crippen molar-refractivity contribution in [1.82, 2.24) is 10.0 Å². The zero-order chi connectivity index (χ0) is 19.5. The highest BCUT2D eigenvalue weighted by Gasteiger charge is 2.17. The van der Waals surface area contributed by atoms with Crippen molar-refractivity contribution >= 4 is 27.5 Å². The minimum atomic E-state index is -3.64. The fourth-order valence-electron chi connectivity index (χ4n) is 2.41. The lowest BCUT2D eigenvalue weighted by atomic mass is 10.1. The molecule has 2 rings (SSSR count). The summed E-state index contributed by atoms with van der Waals surface area (Å²) in [6.45, 7) is 3.50. The summed E-state index contributed by atoms with van der Waals surface area (Å²) < 4.78 is 26.1. The van der Waals surface area contributed by atoms with Gasteiger partial charge in [-0.15, -0.1) is 0 Å². The van der Waals surface area contributed by atoms with Gasteiger partial charge < -0.3 is 10.6 Å². The van der Waals surface area contributed by atoms with Crippen molar-refractivity contribution < 1.29 is 18.0 Å². The Hall–Kier alpha value is -2.71. The van der Waals surface area contributed by atoms with Crippen LogP contribution in [0.15, 0.2) is 41.3 Å². The highest BCUT2D eigenvalue weighted by atomic mass is 32.2. The molecule has 0 aliphatic carbocycles. The van der Waals surface area contributed by atoms with E-state index in [1.807, 2.05) is 0 Å². The van der Waals surface area contributed by atoms with Gasteiger partial charge in [-0.2, -0.15) is 0 Å². The first-order valence-corrected chi connectivity index (χ1v) is 9.36. The molecule has 2 aromatic rings. The predicted octanol–water partition coefficient (Wildman–Crippen LogP) is 1.82. The van der Waals surface area contributed by atoms with Gasteiger partial charge in [0.1, 0.15) is 0 Å². The SMILES string of the molecule is CNC(=O)c1ccc(NC(=O)c2cc(S(=O)(=O)NC)ccc2C)c(C)c1. The van der Waals surface area contributed by atoms with Gasteiger partial charge in [-0.05, 0) is 62.4 Å². The molecule has 2 aromatic carbocycles. The highest BCUT2D eigenvalue weighted by Crippen LogP contribution is 2.20. The van der Waals surface area contributed by atoms with Crippen LogP contribution in [0.3, 0.4) is 0 Å².